The summed E-state index contributed by atoms with van der Waals surface area (Å²) >= 11 is 1.48. The molecule has 3 aromatic rings. The molecule has 0 saturated heterocycles. The number of ether oxygens (including phenoxy) is 1. The van der Waals surface area contributed by atoms with Crippen LogP contribution in [-0.2, 0) is 27.2 Å². The van der Waals surface area contributed by atoms with Crippen LogP contribution in [0.4, 0.5) is 0 Å². The third-order valence-electron chi connectivity index (χ3n) is 4.18. The van der Waals surface area contributed by atoms with E-state index in [9.17, 15) is 9.59 Å². The molecule has 1 amide bonds. The number of amides is 1. The Bertz CT molecular complexity index is 910. The summed E-state index contributed by atoms with van der Waals surface area (Å²) in [6, 6.07) is 19.5. The van der Waals surface area contributed by atoms with Crippen molar-refractivity contribution in [2.24, 2.45) is 0 Å². The van der Waals surface area contributed by atoms with Crippen molar-refractivity contribution >= 4 is 23.2 Å². The van der Waals surface area contributed by atoms with Gasteiger partial charge in [0, 0.05) is 5.38 Å². The molecule has 0 aliphatic rings. The first-order valence-electron chi connectivity index (χ1n) is 9.05. The first-order chi connectivity index (χ1) is 13.6. The molecule has 6 heteroatoms. The largest absolute Gasteiger partial charge is 0.455 e. The third-order valence-corrected chi connectivity index (χ3v) is 5.00. The van der Waals surface area contributed by atoms with Gasteiger partial charge in [-0.2, -0.15) is 0 Å². The fourth-order valence-corrected chi connectivity index (χ4v) is 3.47. The number of nitrogens with zero attached hydrogens (tertiary/aromatic N) is 1. The van der Waals surface area contributed by atoms with Gasteiger partial charge in [0.15, 0.2) is 6.61 Å². The van der Waals surface area contributed by atoms with Crippen LogP contribution in [0.1, 0.15) is 27.9 Å². The first kappa shape index (κ1) is 19.8. The topological polar surface area (TPSA) is 68.3 Å². The van der Waals surface area contributed by atoms with Gasteiger partial charge in [0.25, 0.3) is 5.91 Å². The second-order valence-electron chi connectivity index (χ2n) is 6.42. The number of aromatic nitrogens is 1. The Morgan fingerprint density at radius 3 is 2.39 bits per heavy atom. The van der Waals surface area contributed by atoms with Crippen molar-refractivity contribution in [3.63, 3.8) is 0 Å². The van der Waals surface area contributed by atoms with Crippen LogP contribution in [-0.4, -0.2) is 23.5 Å². The molecule has 1 unspecified atom stereocenters. The number of benzene rings is 2. The summed E-state index contributed by atoms with van der Waals surface area (Å²) in [6.07, 6.45) is 0.729. The Balaban J connectivity index is 1.57. The normalized spacial score (nSPS) is 11.6. The zero-order chi connectivity index (χ0) is 19.8. The van der Waals surface area contributed by atoms with Crippen LogP contribution in [0.3, 0.4) is 0 Å². The maximum atomic E-state index is 12.4. The Morgan fingerprint density at radius 1 is 1.07 bits per heavy atom. The van der Waals surface area contributed by atoms with Crippen LogP contribution in [0.2, 0.25) is 0 Å². The highest BCUT2D eigenvalue weighted by Gasteiger charge is 2.17. The van der Waals surface area contributed by atoms with Crippen molar-refractivity contribution < 1.29 is 14.3 Å². The summed E-state index contributed by atoms with van der Waals surface area (Å²) in [4.78, 5) is 28.5. The molecule has 1 N–H and O–H groups in total. The lowest BCUT2D eigenvalue weighted by atomic mass is 9.99. The van der Waals surface area contributed by atoms with Gasteiger partial charge in [-0.25, -0.2) is 4.98 Å². The van der Waals surface area contributed by atoms with Crippen molar-refractivity contribution in [1.82, 2.24) is 10.3 Å². The molecular formula is C22H22N2O3S. The second kappa shape index (κ2) is 9.80. The number of carbonyl (C=O) groups excluding carboxylic acids is 2. The van der Waals surface area contributed by atoms with Crippen molar-refractivity contribution in [3.8, 4) is 0 Å². The van der Waals surface area contributed by atoms with E-state index in [1.807, 2.05) is 73.0 Å². The van der Waals surface area contributed by atoms with Gasteiger partial charge in [0.2, 0.25) is 0 Å². The van der Waals surface area contributed by atoms with Crippen LogP contribution in [0.5, 0.6) is 0 Å². The summed E-state index contributed by atoms with van der Waals surface area (Å²) in [5, 5.41) is 5.69. The number of hydrogen-bond acceptors (Lipinski definition) is 5. The maximum Gasteiger partial charge on any atom is 0.312 e. The second-order valence-corrected chi connectivity index (χ2v) is 7.48. The fourth-order valence-electron chi connectivity index (χ4n) is 2.86. The van der Waals surface area contributed by atoms with Gasteiger partial charge < -0.3 is 10.1 Å². The molecule has 144 valence electrons. The molecule has 3 rings (SSSR count). The molecule has 0 aliphatic heterocycles. The number of esters is 1. The highest BCUT2D eigenvalue weighted by molar-refractivity contribution is 7.09. The van der Waals surface area contributed by atoms with Crippen LogP contribution < -0.4 is 5.32 Å². The lowest BCUT2D eigenvalue weighted by Gasteiger charge is -2.19. The highest BCUT2D eigenvalue weighted by atomic mass is 32.1. The van der Waals surface area contributed by atoms with Crippen molar-refractivity contribution in [3.05, 3.63) is 87.9 Å². The number of nitrogens with one attached hydrogen (secondary N) is 1. The van der Waals surface area contributed by atoms with E-state index in [-0.39, 0.29) is 25.0 Å². The van der Waals surface area contributed by atoms with E-state index in [1.165, 1.54) is 11.3 Å². The lowest BCUT2D eigenvalue weighted by Crippen LogP contribution is -2.33. The average molecular weight is 394 g/mol. The van der Waals surface area contributed by atoms with Crippen molar-refractivity contribution in [1.29, 1.82) is 0 Å². The molecule has 1 atom stereocenters. The average Bonchev–Trinajstić information content (AvgIpc) is 3.12. The molecule has 1 heterocycles. The number of carbonyl (C=O) groups is 2. The van der Waals surface area contributed by atoms with Crippen molar-refractivity contribution in [2.75, 3.05) is 6.61 Å². The van der Waals surface area contributed by atoms with Gasteiger partial charge in [-0.15, -0.1) is 11.3 Å². The summed E-state index contributed by atoms with van der Waals surface area (Å²) in [6.45, 7) is 1.57. The van der Waals surface area contributed by atoms with Crippen LogP contribution in [0.15, 0.2) is 66.0 Å². The van der Waals surface area contributed by atoms with Gasteiger partial charge in [-0.05, 0) is 24.5 Å². The van der Waals surface area contributed by atoms with E-state index >= 15 is 0 Å². The van der Waals surface area contributed by atoms with E-state index in [4.69, 9.17) is 4.74 Å². The first-order valence-corrected chi connectivity index (χ1v) is 9.93. The molecule has 0 bridgehead atoms. The zero-order valence-electron chi connectivity index (χ0n) is 15.6. The smallest absolute Gasteiger partial charge is 0.312 e. The summed E-state index contributed by atoms with van der Waals surface area (Å²) < 4.78 is 5.12. The SMILES string of the molecule is Cc1nc(CC(=O)OCC(=O)NC(Cc2ccccc2)c2ccccc2)cs1. The zero-order valence-corrected chi connectivity index (χ0v) is 16.4. The third kappa shape index (κ3) is 6.03. The van der Waals surface area contributed by atoms with E-state index in [2.05, 4.69) is 10.3 Å². The predicted octanol–water partition coefficient (Wildman–Crippen LogP) is 3.64. The van der Waals surface area contributed by atoms with Crippen molar-refractivity contribution in [2.45, 2.75) is 25.8 Å². The monoisotopic (exact) mass is 394 g/mol. The molecule has 1 aromatic heterocycles. The fraction of sp³-hybridized carbons (Fsp3) is 0.227. The van der Waals surface area contributed by atoms with Gasteiger partial charge in [0.1, 0.15) is 0 Å². The summed E-state index contributed by atoms with van der Waals surface area (Å²) in [5.41, 5.74) is 2.79. The molecule has 28 heavy (non-hydrogen) atoms. The van der Waals surface area contributed by atoms with E-state index in [0.717, 1.165) is 16.1 Å². The molecule has 2 aromatic carbocycles. The summed E-state index contributed by atoms with van der Waals surface area (Å²) in [5.74, 6) is -0.785. The Hall–Kier alpha value is -2.99. The Labute approximate surface area is 168 Å². The lowest BCUT2D eigenvalue weighted by molar-refractivity contribution is -0.148. The number of rotatable bonds is 8. The molecule has 0 spiro atoms. The highest BCUT2D eigenvalue weighted by Crippen LogP contribution is 2.18. The molecule has 5 nitrogen and oxygen atoms in total. The van der Waals surface area contributed by atoms with Gasteiger partial charge in [-0.1, -0.05) is 60.7 Å². The van der Waals surface area contributed by atoms with Crippen LogP contribution >= 0.6 is 11.3 Å². The number of hydrogen-bond donors (Lipinski definition) is 1. The maximum absolute atomic E-state index is 12.4. The molecule has 0 fully saturated rings. The Morgan fingerprint density at radius 2 is 1.75 bits per heavy atom. The van der Waals surface area contributed by atoms with Gasteiger partial charge in [-0.3, -0.25) is 9.59 Å². The number of thiazole rings is 1. The van der Waals surface area contributed by atoms with Gasteiger partial charge >= 0.3 is 5.97 Å². The minimum Gasteiger partial charge on any atom is -0.455 e. The van der Waals surface area contributed by atoms with Gasteiger partial charge in [0.05, 0.1) is 23.2 Å². The molecular weight excluding hydrogens is 372 g/mol. The molecule has 0 radical (unpaired) electrons. The van der Waals surface area contributed by atoms with E-state index in [0.29, 0.717) is 12.1 Å². The van der Waals surface area contributed by atoms with E-state index < -0.39 is 5.97 Å². The predicted molar refractivity (Wildman–Crippen MR) is 109 cm³/mol. The minimum absolute atomic E-state index is 0.0732. The van der Waals surface area contributed by atoms with Crippen LogP contribution in [0.25, 0.3) is 0 Å². The quantitative estimate of drug-likeness (QED) is 0.593. The summed E-state index contributed by atoms with van der Waals surface area (Å²) in [7, 11) is 0. The van der Waals surface area contributed by atoms with Crippen LogP contribution in [0, 0.1) is 6.92 Å². The van der Waals surface area contributed by atoms with E-state index in [1.54, 1.807) is 0 Å². The number of aryl methyl sites for hydroxylation is 1. The molecule has 0 aliphatic carbocycles. The molecule has 0 saturated carbocycles. The Kier molecular flexibility index (Phi) is 6.92. The standard InChI is InChI=1S/C22H22N2O3S/c1-16-23-19(15-28-16)13-22(26)27-14-21(25)24-20(18-10-6-3-7-11-18)12-17-8-4-2-5-9-17/h2-11,15,20H,12-14H2,1H3,(H,24,25). The minimum atomic E-state index is -0.459.